The lowest BCUT2D eigenvalue weighted by Gasteiger charge is -2.00. The van der Waals surface area contributed by atoms with E-state index in [1.807, 2.05) is 24.3 Å². The summed E-state index contributed by atoms with van der Waals surface area (Å²) in [6.45, 7) is 0.226. The van der Waals surface area contributed by atoms with Gasteiger partial charge in [0, 0.05) is 18.1 Å². The van der Waals surface area contributed by atoms with E-state index in [0.29, 0.717) is 17.9 Å². The van der Waals surface area contributed by atoms with Crippen LogP contribution in [0.2, 0.25) is 0 Å². The number of oxazole rings is 1. The molecule has 1 aliphatic carbocycles. The number of carbonyl (C=O) groups is 1. The second kappa shape index (κ2) is 5.11. The molecule has 1 fully saturated rings. The van der Waals surface area contributed by atoms with Crippen LogP contribution in [-0.4, -0.2) is 21.9 Å². The molecule has 1 atom stereocenters. The van der Waals surface area contributed by atoms with Gasteiger partial charge in [0.05, 0.1) is 6.61 Å². The molecule has 0 saturated heterocycles. The Balaban J connectivity index is 1.57. The highest BCUT2D eigenvalue weighted by atomic mass is 35.5. The van der Waals surface area contributed by atoms with Gasteiger partial charge < -0.3 is 9.15 Å². The van der Waals surface area contributed by atoms with E-state index in [2.05, 4.69) is 4.98 Å². The van der Waals surface area contributed by atoms with Gasteiger partial charge in [0.1, 0.15) is 9.85 Å². The molecule has 1 saturated carbocycles. The lowest BCUT2D eigenvalue weighted by Crippen LogP contribution is -2.06. The number of esters is 1. The van der Waals surface area contributed by atoms with Crippen molar-refractivity contribution < 1.29 is 13.9 Å². The van der Waals surface area contributed by atoms with Gasteiger partial charge in [0.2, 0.25) is 5.89 Å². The maximum atomic E-state index is 11.5. The van der Waals surface area contributed by atoms with Crippen molar-refractivity contribution in [2.45, 2.75) is 10.8 Å². The number of ether oxygens (including phenoxy) is 1. The Hall–Kier alpha value is -1.52. The van der Waals surface area contributed by atoms with Crippen LogP contribution in [0.4, 0.5) is 0 Å². The zero-order chi connectivity index (χ0) is 14.2. The van der Waals surface area contributed by atoms with Crippen molar-refractivity contribution in [2.24, 2.45) is 5.92 Å². The van der Waals surface area contributed by atoms with Gasteiger partial charge >= 0.3 is 5.97 Å². The van der Waals surface area contributed by atoms with E-state index in [-0.39, 0.29) is 12.5 Å². The van der Waals surface area contributed by atoms with Gasteiger partial charge in [-0.05, 0) is 18.6 Å². The molecule has 1 heterocycles. The van der Waals surface area contributed by atoms with E-state index in [1.54, 1.807) is 0 Å². The maximum Gasteiger partial charge on any atom is 0.330 e. The second-order valence-electron chi connectivity index (χ2n) is 4.65. The predicted molar refractivity (Wildman–Crippen MR) is 76.5 cm³/mol. The molecule has 0 amide bonds. The minimum atomic E-state index is -0.732. The monoisotopic (exact) mass is 311 g/mol. The zero-order valence-electron chi connectivity index (χ0n) is 10.4. The van der Waals surface area contributed by atoms with Crippen molar-refractivity contribution >= 4 is 46.3 Å². The number of hydrogen-bond donors (Lipinski definition) is 0. The molecule has 1 aromatic heterocycles. The number of benzene rings is 1. The molecular weight excluding hydrogens is 301 g/mol. The van der Waals surface area contributed by atoms with Gasteiger partial charge in [-0.1, -0.05) is 12.1 Å². The molecule has 0 spiro atoms. The largest absolute Gasteiger partial charge is 0.462 e. The third kappa shape index (κ3) is 2.97. The highest BCUT2D eigenvalue weighted by Gasteiger charge is 2.52. The normalized spacial score (nSPS) is 20.4. The summed E-state index contributed by atoms with van der Waals surface area (Å²) in [5.41, 5.74) is 1.42. The average molecular weight is 312 g/mol. The summed E-state index contributed by atoms with van der Waals surface area (Å²) in [7, 11) is 0. The number of hydrogen-bond acceptors (Lipinski definition) is 4. The molecule has 0 unspecified atom stereocenters. The van der Waals surface area contributed by atoms with E-state index < -0.39 is 10.3 Å². The standard InChI is InChI=1S/C14H11Cl2NO3/c15-14(16)7-9(14)8-19-13(18)6-5-12-17-10-3-1-2-4-11(10)20-12/h1-6,9H,7-8H2/b6-5+/t9-/m1/s1. The van der Waals surface area contributed by atoms with Crippen LogP contribution in [0.25, 0.3) is 17.2 Å². The molecule has 20 heavy (non-hydrogen) atoms. The molecular formula is C14H11Cl2NO3. The van der Waals surface area contributed by atoms with Gasteiger partial charge in [-0.15, -0.1) is 23.2 Å². The molecule has 4 nitrogen and oxygen atoms in total. The van der Waals surface area contributed by atoms with Crippen LogP contribution in [0, 0.1) is 5.92 Å². The summed E-state index contributed by atoms with van der Waals surface area (Å²) >= 11 is 11.7. The van der Waals surface area contributed by atoms with Gasteiger partial charge in [0.15, 0.2) is 5.58 Å². The van der Waals surface area contributed by atoms with Gasteiger partial charge in [-0.2, -0.15) is 0 Å². The average Bonchev–Trinajstić information content (AvgIpc) is 2.86. The number of nitrogens with zero attached hydrogens (tertiary/aromatic N) is 1. The molecule has 3 rings (SSSR count). The first-order valence-electron chi connectivity index (χ1n) is 6.13. The Morgan fingerprint density at radius 2 is 2.25 bits per heavy atom. The fourth-order valence-electron chi connectivity index (χ4n) is 1.78. The second-order valence-corrected chi connectivity index (χ2v) is 6.19. The van der Waals surface area contributed by atoms with Crippen molar-refractivity contribution in [1.82, 2.24) is 4.98 Å². The lowest BCUT2D eigenvalue weighted by molar-refractivity contribution is -0.138. The molecule has 0 aliphatic heterocycles. The van der Waals surface area contributed by atoms with Crippen LogP contribution < -0.4 is 0 Å². The highest BCUT2D eigenvalue weighted by molar-refractivity contribution is 6.50. The molecule has 1 aliphatic rings. The van der Waals surface area contributed by atoms with Crippen molar-refractivity contribution in [1.29, 1.82) is 0 Å². The van der Waals surface area contributed by atoms with E-state index in [4.69, 9.17) is 32.4 Å². The molecule has 2 aromatic rings. The summed E-state index contributed by atoms with van der Waals surface area (Å²) in [6.07, 6.45) is 3.40. The molecule has 6 heteroatoms. The maximum absolute atomic E-state index is 11.5. The Kier molecular flexibility index (Phi) is 3.44. The summed E-state index contributed by atoms with van der Waals surface area (Å²) < 4.78 is 9.74. The number of para-hydroxylation sites is 2. The highest BCUT2D eigenvalue weighted by Crippen LogP contribution is 2.53. The Morgan fingerprint density at radius 3 is 2.95 bits per heavy atom. The van der Waals surface area contributed by atoms with E-state index in [9.17, 15) is 4.79 Å². The van der Waals surface area contributed by atoms with E-state index in [1.165, 1.54) is 12.2 Å². The Labute approximate surface area is 125 Å². The number of fused-ring (bicyclic) bond motifs is 1. The van der Waals surface area contributed by atoms with Crippen LogP contribution >= 0.6 is 23.2 Å². The molecule has 104 valence electrons. The van der Waals surface area contributed by atoms with Gasteiger partial charge in [-0.3, -0.25) is 0 Å². The summed E-state index contributed by atoms with van der Waals surface area (Å²) in [4.78, 5) is 15.7. The van der Waals surface area contributed by atoms with Gasteiger partial charge in [-0.25, -0.2) is 9.78 Å². The van der Waals surface area contributed by atoms with Crippen LogP contribution in [0.5, 0.6) is 0 Å². The predicted octanol–water partition coefficient (Wildman–Crippen LogP) is 3.58. The first-order chi connectivity index (χ1) is 9.54. The number of carbonyl (C=O) groups excluding carboxylic acids is 1. The van der Waals surface area contributed by atoms with E-state index >= 15 is 0 Å². The van der Waals surface area contributed by atoms with Crippen molar-refractivity contribution in [2.75, 3.05) is 6.61 Å². The number of halogens is 2. The number of rotatable bonds is 4. The first-order valence-corrected chi connectivity index (χ1v) is 6.88. The van der Waals surface area contributed by atoms with E-state index in [0.717, 1.165) is 5.52 Å². The molecule has 0 radical (unpaired) electrons. The topological polar surface area (TPSA) is 52.3 Å². The zero-order valence-corrected chi connectivity index (χ0v) is 11.9. The Morgan fingerprint density at radius 1 is 1.50 bits per heavy atom. The third-order valence-corrected chi connectivity index (χ3v) is 3.98. The molecule has 1 aromatic carbocycles. The minimum absolute atomic E-state index is 0.0208. The van der Waals surface area contributed by atoms with Crippen LogP contribution in [0.3, 0.4) is 0 Å². The molecule has 0 bridgehead atoms. The third-order valence-electron chi connectivity index (χ3n) is 3.05. The van der Waals surface area contributed by atoms with Crippen molar-refractivity contribution in [3.05, 3.63) is 36.2 Å². The Bertz CT molecular complexity index is 645. The van der Waals surface area contributed by atoms with Crippen LogP contribution in [-0.2, 0) is 9.53 Å². The first kappa shape index (κ1) is 13.5. The summed E-state index contributed by atoms with van der Waals surface area (Å²) in [5, 5.41) is 0. The number of alkyl halides is 2. The fourth-order valence-corrected chi connectivity index (χ4v) is 2.28. The summed E-state index contributed by atoms with van der Waals surface area (Å²) in [5.74, 6) is -0.0885. The minimum Gasteiger partial charge on any atom is -0.462 e. The van der Waals surface area contributed by atoms with Gasteiger partial charge in [0.25, 0.3) is 0 Å². The smallest absolute Gasteiger partial charge is 0.330 e. The van der Waals surface area contributed by atoms with Crippen molar-refractivity contribution in [3.8, 4) is 0 Å². The molecule has 0 N–H and O–H groups in total. The van der Waals surface area contributed by atoms with Crippen LogP contribution in [0.15, 0.2) is 34.8 Å². The number of aromatic nitrogens is 1. The van der Waals surface area contributed by atoms with Crippen LogP contribution in [0.1, 0.15) is 12.3 Å². The SMILES string of the molecule is O=C(/C=C/c1nc2ccccc2o1)OC[C@H]1CC1(Cl)Cl. The van der Waals surface area contributed by atoms with Crippen molar-refractivity contribution in [3.63, 3.8) is 0 Å². The lowest BCUT2D eigenvalue weighted by atomic mass is 10.3. The summed E-state index contributed by atoms with van der Waals surface area (Å²) in [6, 6.07) is 7.37. The quantitative estimate of drug-likeness (QED) is 0.492. The fraction of sp³-hybridized carbons (Fsp3) is 0.286.